The molecule has 1 saturated heterocycles. The Morgan fingerprint density at radius 1 is 1.19 bits per heavy atom. The van der Waals surface area contributed by atoms with Gasteiger partial charge in [0.25, 0.3) is 0 Å². The molecular weight excluding hydrogens is 326 g/mol. The van der Waals surface area contributed by atoms with Crippen LogP contribution in [0.1, 0.15) is 36.9 Å². The van der Waals surface area contributed by atoms with Crippen molar-refractivity contribution in [3.8, 4) is 0 Å². The number of aromatic nitrogens is 1. The lowest BCUT2D eigenvalue weighted by atomic mass is 10.0. The number of likely N-dealkylation sites (tertiary alicyclic amines) is 1. The van der Waals surface area contributed by atoms with Gasteiger partial charge in [0.2, 0.25) is 0 Å². The second-order valence-electron chi connectivity index (χ2n) is 7.19. The molecule has 0 spiro atoms. The van der Waals surface area contributed by atoms with E-state index in [0.29, 0.717) is 11.6 Å². The average molecular weight is 351 g/mol. The molecule has 4 rings (SSSR count). The number of oxazole rings is 1. The third-order valence-corrected chi connectivity index (χ3v) is 5.27. The van der Waals surface area contributed by atoms with Gasteiger partial charge in [-0.15, -0.1) is 0 Å². The van der Waals surface area contributed by atoms with Gasteiger partial charge >= 0.3 is 5.76 Å². The van der Waals surface area contributed by atoms with Crippen LogP contribution in [0.5, 0.6) is 0 Å². The maximum atomic E-state index is 11.3. The van der Waals surface area contributed by atoms with Crippen LogP contribution in [0.2, 0.25) is 0 Å². The van der Waals surface area contributed by atoms with Crippen LogP contribution in [-0.2, 0) is 6.54 Å². The van der Waals surface area contributed by atoms with Crippen molar-refractivity contribution in [2.45, 2.75) is 38.4 Å². The molecule has 1 aromatic heterocycles. The van der Waals surface area contributed by atoms with Crippen LogP contribution < -0.4 is 11.1 Å². The number of H-pyrrole nitrogens is 1. The van der Waals surface area contributed by atoms with Gasteiger partial charge in [0.15, 0.2) is 5.58 Å². The highest BCUT2D eigenvalue weighted by Crippen LogP contribution is 2.21. The van der Waals surface area contributed by atoms with Crippen molar-refractivity contribution in [2.75, 3.05) is 13.1 Å². The van der Waals surface area contributed by atoms with E-state index in [0.717, 1.165) is 43.6 Å². The molecule has 1 aliphatic heterocycles. The Morgan fingerprint density at radius 2 is 1.96 bits per heavy atom. The summed E-state index contributed by atoms with van der Waals surface area (Å²) in [5, 5.41) is 3.73. The first-order valence-corrected chi connectivity index (χ1v) is 9.32. The Hall–Kier alpha value is -2.37. The number of benzene rings is 2. The molecule has 1 atom stereocenters. The first-order chi connectivity index (χ1) is 12.7. The van der Waals surface area contributed by atoms with E-state index in [2.05, 4.69) is 58.5 Å². The molecule has 0 bridgehead atoms. The summed E-state index contributed by atoms with van der Waals surface area (Å²) in [6.45, 7) is 5.44. The van der Waals surface area contributed by atoms with Crippen LogP contribution >= 0.6 is 0 Å². The van der Waals surface area contributed by atoms with Crippen molar-refractivity contribution < 1.29 is 4.42 Å². The van der Waals surface area contributed by atoms with Crippen LogP contribution in [0, 0.1) is 0 Å². The minimum atomic E-state index is -0.399. The molecule has 2 heterocycles. The molecule has 1 fully saturated rings. The molecular formula is C21H25N3O2. The predicted molar refractivity (Wildman–Crippen MR) is 103 cm³/mol. The lowest BCUT2D eigenvalue weighted by Crippen LogP contribution is -2.42. The zero-order valence-corrected chi connectivity index (χ0v) is 15.1. The first kappa shape index (κ1) is 17.1. The minimum absolute atomic E-state index is 0.227. The first-order valence-electron chi connectivity index (χ1n) is 9.32. The van der Waals surface area contributed by atoms with E-state index < -0.39 is 5.76 Å². The standard InChI is InChI=1S/C21H25N3O2/c1-15(17-7-8-19-20(13-17)26-21(25)23-19)22-18-9-11-24(12-10-18)14-16-5-3-2-4-6-16/h2-8,13,15,18,22H,9-12,14H2,1H3,(H,23,25). The van der Waals surface area contributed by atoms with Gasteiger partial charge in [-0.1, -0.05) is 36.4 Å². The summed E-state index contributed by atoms with van der Waals surface area (Å²) < 4.78 is 5.17. The van der Waals surface area contributed by atoms with E-state index in [4.69, 9.17) is 4.42 Å². The maximum Gasteiger partial charge on any atom is 0.417 e. The van der Waals surface area contributed by atoms with Crippen molar-refractivity contribution in [1.29, 1.82) is 0 Å². The lowest BCUT2D eigenvalue weighted by molar-refractivity contribution is 0.185. The van der Waals surface area contributed by atoms with Gasteiger partial charge in [0, 0.05) is 18.6 Å². The number of aromatic amines is 1. The molecule has 5 heteroatoms. The largest absolute Gasteiger partial charge is 0.417 e. The molecule has 0 saturated carbocycles. The minimum Gasteiger partial charge on any atom is -0.408 e. The summed E-state index contributed by atoms with van der Waals surface area (Å²) in [5.41, 5.74) is 3.90. The molecule has 3 aromatic rings. The molecule has 0 amide bonds. The molecule has 136 valence electrons. The van der Waals surface area contributed by atoms with Gasteiger partial charge in [0.1, 0.15) is 0 Å². The highest BCUT2D eigenvalue weighted by atomic mass is 16.4. The van der Waals surface area contributed by atoms with Gasteiger partial charge in [-0.25, -0.2) is 4.79 Å². The topological polar surface area (TPSA) is 61.3 Å². The van der Waals surface area contributed by atoms with E-state index in [1.54, 1.807) is 0 Å². The highest BCUT2D eigenvalue weighted by Gasteiger charge is 2.21. The van der Waals surface area contributed by atoms with Gasteiger partial charge < -0.3 is 9.73 Å². The van der Waals surface area contributed by atoms with E-state index in [1.165, 1.54) is 5.56 Å². The SMILES string of the molecule is CC(NC1CCN(Cc2ccccc2)CC1)c1ccc2[nH]c(=O)oc2c1. The number of fused-ring (bicyclic) bond motifs is 1. The lowest BCUT2D eigenvalue weighted by Gasteiger charge is -2.34. The Balaban J connectivity index is 1.32. The fraction of sp³-hybridized carbons (Fsp3) is 0.381. The quantitative estimate of drug-likeness (QED) is 0.739. The highest BCUT2D eigenvalue weighted by molar-refractivity contribution is 5.72. The summed E-state index contributed by atoms with van der Waals surface area (Å²) in [5.74, 6) is -0.399. The van der Waals surface area contributed by atoms with Gasteiger partial charge in [-0.05, 0) is 56.1 Å². The molecule has 2 aromatic carbocycles. The molecule has 1 unspecified atom stereocenters. The Bertz CT molecular complexity index is 908. The summed E-state index contributed by atoms with van der Waals surface area (Å²) in [4.78, 5) is 16.5. The van der Waals surface area contributed by atoms with E-state index >= 15 is 0 Å². The van der Waals surface area contributed by atoms with E-state index in [1.807, 2.05) is 12.1 Å². The van der Waals surface area contributed by atoms with E-state index in [9.17, 15) is 4.79 Å². The second kappa shape index (κ2) is 7.48. The van der Waals surface area contributed by atoms with Gasteiger partial charge in [0.05, 0.1) is 5.52 Å². The van der Waals surface area contributed by atoms with Crippen LogP contribution in [0.25, 0.3) is 11.1 Å². The fourth-order valence-corrected chi connectivity index (χ4v) is 3.78. The maximum absolute atomic E-state index is 11.3. The van der Waals surface area contributed by atoms with Gasteiger partial charge in [-0.3, -0.25) is 9.88 Å². The third kappa shape index (κ3) is 3.89. The summed E-state index contributed by atoms with van der Waals surface area (Å²) in [6, 6.07) is 17.3. The normalized spacial score (nSPS) is 17.6. The number of nitrogens with zero attached hydrogens (tertiary/aromatic N) is 1. The number of hydrogen-bond donors (Lipinski definition) is 2. The third-order valence-electron chi connectivity index (χ3n) is 5.27. The van der Waals surface area contributed by atoms with Crippen molar-refractivity contribution in [3.05, 3.63) is 70.2 Å². The molecule has 26 heavy (non-hydrogen) atoms. The molecule has 5 nitrogen and oxygen atoms in total. The van der Waals surface area contributed by atoms with Crippen LogP contribution in [0.4, 0.5) is 0 Å². The summed E-state index contributed by atoms with van der Waals surface area (Å²) in [6.07, 6.45) is 2.30. The van der Waals surface area contributed by atoms with Crippen molar-refractivity contribution in [2.24, 2.45) is 0 Å². The van der Waals surface area contributed by atoms with Crippen LogP contribution in [0.3, 0.4) is 0 Å². The predicted octanol–water partition coefficient (Wildman–Crippen LogP) is 3.44. The average Bonchev–Trinajstić information content (AvgIpc) is 3.03. The Labute approximate surface area is 153 Å². The zero-order valence-electron chi connectivity index (χ0n) is 15.1. The monoisotopic (exact) mass is 351 g/mol. The summed E-state index contributed by atoms with van der Waals surface area (Å²) >= 11 is 0. The van der Waals surface area contributed by atoms with Crippen molar-refractivity contribution in [3.63, 3.8) is 0 Å². The Kier molecular flexibility index (Phi) is 4.91. The van der Waals surface area contributed by atoms with E-state index in [-0.39, 0.29) is 6.04 Å². The molecule has 2 N–H and O–H groups in total. The zero-order chi connectivity index (χ0) is 17.9. The molecule has 0 radical (unpaired) electrons. The number of rotatable bonds is 5. The summed E-state index contributed by atoms with van der Waals surface area (Å²) in [7, 11) is 0. The number of hydrogen-bond acceptors (Lipinski definition) is 4. The number of nitrogens with one attached hydrogen (secondary N) is 2. The molecule has 0 aliphatic carbocycles. The Morgan fingerprint density at radius 3 is 2.73 bits per heavy atom. The molecule has 1 aliphatic rings. The van der Waals surface area contributed by atoms with Crippen molar-refractivity contribution >= 4 is 11.1 Å². The van der Waals surface area contributed by atoms with Crippen LogP contribution in [-0.4, -0.2) is 29.0 Å². The van der Waals surface area contributed by atoms with Gasteiger partial charge in [-0.2, -0.15) is 0 Å². The second-order valence-corrected chi connectivity index (χ2v) is 7.19. The number of piperidine rings is 1. The van der Waals surface area contributed by atoms with Crippen LogP contribution in [0.15, 0.2) is 57.7 Å². The van der Waals surface area contributed by atoms with Crippen molar-refractivity contribution in [1.82, 2.24) is 15.2 Å². The smallest absolute Gasteiger partial charge is 0.408 e. The fourth-order valence-electron chi connectivity index (χ4n) is 3.78.